The summed E-state index contributed by atoms with van der Waals surface area (Å²) in [6, 6.07) is 3.71. The largest absolute Gasteiger partial charge is 0.329 e. The van der Waals surface area contributed by atoms with E-state index in [4.69, 9.17) is 5.73 Å². The number of hydrogen-bond donors (Lipinski definition) is 1. The number of nitrogens with zero attached hydrogens (tertiary/aromatic N) is 2. The van der Waals surface area contributed by atoms with E-state index in [1.165, 1.54) is 0 Å². The van der Waals surface area contributed by atoms with Gasteiger partial charge in [0, 0.05) is 31.7 Å². The average Bonchev–Trinajstić information content (AvgIpc) is 2.48. The number of nitrogens with two attached hydrogens (primary N) is 1. The zero-order valence-corrected chi connectivity index (χ0v) is 11.8. The molecule has 4 heteroatoms. The van der Waals surface area contributed by atoms with Gasteiger partial charge in [-0.05, 0) is 43.7 Å². The molecule has 1 saturated carbocycles. The molecule has 1 aromatic heterocycles. The molecule has 0 atom stereocenters. The van der Waals surface area contributed by atoms with Gasteiger partial charge < -0.3 is 10.6 Å². The van der Waals surface area contributed by atoms with Gasteiger partial charge in [-0.15, -0.1) is 0 Å². The van der Waals surface area contributed by atoms with Crippen LogP contribution in [0, 0.1) is 11.3 Å². The Morgan fingerprint density at radius 3 is 2.53 bits per heavy atom. The van der Waals surface area contributed by atoms with Crippen LogP contribution in [0.5, 0.6) is 0 Å². The molecule has 2 rings (SSSR count). The minimum atomic E-state index is -0.371. The number of hydrogen-bond acceptors (Lipinski definition) is 3. The van der Waals surface area contributed by atoms with Crippen LogP contribution in [-0.2, 0) is 4.79 Å². The molecule has 0 aliphatic heterocycles. The number of pyridine rings is 1. The van der Waals surface area contributed by atoms with Gasteiger partial charge in [-0.3, -0.25) is 9.78 Å². The molecule has 0 spiro atoms. The second kappa shape index (κ2) is 5.70. The van der Waals surface area contributed by atoms with Crippen molar-refractivity contribution in [1.29, 1.82) is 0 Å². The molecule has 2 N–H and O–H groups in total. The first kappa shape index (κ1) is 14.0. The molecule has 0 aromatic carbocycles. The number of aromatic nitrogens is 1. The molecule has 0 unspecified atom stereocenters. The van der Waals surface area contributed by atoms with Crippen LogP contribution in [0.3, 0.4) is 0 Å². The van der Waals surface area contributed by atoms with Gasteiger partial charge in [0.25, 0.3) is 0 Å². The quantitative estimate of drug-likeness (QED) is 0.907. The maximum absolute atomic E-state index is 12.8. The summed E-state index contributed by atoms with van der Waals surface area (Å²) in [4.78, 5) is 18.5. The molecule has 1 amide bonds. The predicted octanol–water partition coefficient (Wildman–Crippen LogP) is 2.20. The minimum Gasteiger partial charge on any atom is -0.329 e. The summed E-state index contributed by atoms with van der Waals surface area (Å²) in [5.74, 6) is 0.854. The Kier molecular flexibility index (Phi) is 4.20. The zero-order chi connectivity index (χ0) is 13.9. The van der Waals surface area contributed by atoms with Crippen LogP contribution in [0.15, 0.2) is 24.5 Å². The molecule has 1 aromatic rings. The summed E-state index contributed by atoms with van der Waals surface area (Å²) in [7, 11) is 1.83. The topological polar surface area (TPSA) is 59.2 Å². The highest BCUT2D eigenvalue weighted by Gasteiger charge is 2.41. The van der Waals surface area contributed by atoms with Crippen molar-refractivity contribution in [3.05, 3.63) is 24.5 Å². The molecule has 0 radical (unpaired) electrons. The first-order chi connectivity index (χ1) is 9.09. The second-order valence-electron chi connectivity index (χ2n) is 5.74. The van der Waals surface area contributed by atoms with Gasteiger partial charge in [-0.1, -0.05) is 6.92 Å². The van der Waals surface area contributed by atoms with Crippen LogP contribution in [0.2, 0.25) is 0 Å². The Balaban J connectivity index is 2.17. The fourth-order valence-electron chi connectivity index (χ4n) is 2.86. The SMILES string of the molecule is CC1CCC(CN)(C(=O)N(C)c2ccncc2)CC1. The maximum atomic E-state index is 12.8. The van der Waals surface area contributed by atoms with Crippen molar-refractivity contribution >= 4 is 11.6 Å². The van der Waals surface area contributed by atoms with Crippen molar-refractivity contribution in [1.82, 2.24) is 4.98 Å². The van der Waals surface area contributed by atoms with Gasteiger partial charge in [0.1, 0.15) is 0 Å². The molecule has 19 heavy (non-hydrogen) atoms. The summed E-state index contributed by atoms with van der Waals surface area (Å²) in [5, 5.41) is 0. The van der Waals surface area contributed by atoms with Crippen molar-refractivity contribution < 1.29 is 4.79 Å². The van der Waals surface area contributed by atoms with Crippen molar-refractivity contribution in [3.63, 3.8) is 0 Å². The van der Waals surface area contributed by atoms with Crippen LogP contribution in [0.1, 0.15) is 32.6 Å². The zero-order valence-electron chi connectivity index (χ0n) is 11.8. The van der Waals surface area contributed by atoms with Crippen molar-refractivity contribution in [3.8, 4) is 0 Å². The van der Waals surface area contributed by atoms with Crippen LogP contribution in [-0.4, -0.2) is 24.5 Å². The van der Waals surface area contributed by atoms with E-state index >= 15 is 0 Å². The minimum absolute atomic E-state index is 0.146. The van der Waals surface area contributed by atoms with Crippen LogP contribution >= 0.6 is 0 Å². The Hall–Kier alpha value is -1.42. The van der Waals surface area contributed by atoms with Gasteiger partial charge in [0.15, 0.2) is 0 Å². The van der Waals surface area contributed by atoms with E-state index in [1.54, 1.807) is 17.3 Å². The lowest BCUT2D eigenvalue weighted by Gasteiger charge is -2.39. The smallest absolute Gasteiger partial charge is 0.234 e. The predicted molar refractivity (Wildman–Crippen MR) is 76.8 cm³/mol. The number of amides is 1. The second-order valence-corrected chi connectivity index (χ2v) is 5.74. The van der Waals surface area contributed by atoms with Gasteiger partial charge >= 0.3 is 0 Å². The third-order valence-corrected chi connectivity index (χ3v) is 4.43. The summed E-state index contributed by atoms with van der Waals surface area (Å²) in [6.45, 7) is 2.69. The van der Waals surface area contributed by atoms with Crippen LogP contribution in [0.4, 0.5) is 5.69 Å². The lowest BCUT2D eigenvalue weighted by Crippen LogP contribution is -2.48. The fourth-order valence-corrected chi connectivity index (χ4v) is 2.86. The third kappa shape index (κ3) is 2.78. The first-order valence-electron chi connectivity index (χ1n) is 6.97. The van der Waals surface area contributed by atoms with Gasteiger partial charge in [0.2, 0.25) is 5.91 Å². The van der Waals surface area contributed by atoms with Crippen LogP contribution in [0.25, 0.3) is 0 Å². The molecular formula is C15H23N3O. The molecular weight excluding hydrogens is 238 g/mol. The van der Waals surface area contributed by atoms with Gasteiger partial charge in [-0.25, -0.2) is 0 Å². The molecule has 104 valence electrons. The number of carbonyl (C=O) groups excluding carboxylic acids is 1. The Morgan fingerprint density at radius 2 is 2.00 bits per heavy atom. The fraction of sp³-hybridized carbons (Fsp3) is 0.600. The van der Waals surface area contributed by atoms with E-state index in [1.807, 2.05) is 19.2 Å². The Labute approximate surface area is 115 Å². The number of carbonyl (C=O) groups is 1. The molecule has 1 aliphatic carbocycles. The summed E-state index contributed by atoms with van der Waals surface area (Å²) >= 11 is 0. The molecule has 1 heterocycles. The maximum Gasteiger partial charge on any atom is 0.234 e. The Bertz CT molecular complexity index is 424. The van der Waals surface area contributed by atoms with Gasteiger partial charge in [0.05, 0.1) is 5.41 Å². The monoisotopic (exact) mass is 261 g/mol. The molecule has 1 fully saturated rings. The van der Waals surface area contributed by atoms with E-state index in [0.717, 1.165) is 31.4 Å². The molecule has 0 saturated heterocycles. The number of rotatable bonds is 3. The lowest BCUT2D eigenvalue weighted by molar-refractivity contribution is -0.129. The summed E-state index contributed by atoms with van der Waals surface area (Å²) in [6.07, 6.45) is 7.40. The first-order valence-corrected chi connectivity index (χ1v) is 6.97. The van der Waals surface area contributed by atoms with Crippen molar-refractivity contribution in [2.24, 2.45) is 17.1 Å². The lowest BCUT2D eigenvalue weighted by atomic mass is 9.70. The summed E-state index contributed by atoms with van der Waals surface area (Å²) in [5.41, 5.74) is 6.45. The highest BCUT2D eigenvalue weighted by molar-refractivity contribution is 5.97. The van der Waals surface area contributed by atoms with E-state index in [-0.39, 0.29) is 11.3 Å². The standard InChI is InChI=1S/C15H23N3O/c1-12-3-7-15(11-16,8-4-12)14(19)18(2)13-5-9-17-10-6-13/h5-6,9-10,12H,3-4,7-8,11,16H2,1-2H3. The molecule has 1 aliphatic rings. The highest BCUT2D eigenvalue weighted by atomic mass is 16.2. The molecule has 0 bridgehead atoms. The normalized spacial score (nSPS) is 27.0. The third-order valence-electron chi connectivity index (χ3n) is 4.43. The van der Waals surface area contributed by atoms with E-state index in [0.29, 0.717) is 12.5 Å². The van der Waals surface area contributed by atoms with Crippen LogP contribution < -0.4 is 10.6 Å². The van der Waals surface area contributed by atoms with Gasteiger partial charge in [-0.2, -0.15) is 0 Å². The number of anilines is 1. The van der Waals surface area contributed by atoms with E-state index in [2.05, 4.69) is 11.9 Å². The molecule has 4 nitrogen and oxygen atoms in total. The van der Waals surface area contributed by atoms with Crippen molar-refractivity contribution in [2.75, 3.05) is 18.5 Å². The Morgan fingerprint density at radius 1 is 1.42 bits per heavy atom. The van der Waals surface area contributed by atoms with E-state index in [9.17, 15) is 4.79 Å². The van der Waals surface area contributed by atoms with E-state index < -0.39 is 0 Å². The summed E-state index contributed by atoms with van der Waals surface area (Å²) < 4.78 is 0. The average molecular weight is 261 g/mol. The highest BCUT2D eigenvalue weighted by Crippen LogP contribution is 2.40. The van der Waals surface area contributed by atoms with Crippen molar-refractivity contribution in [2.45, 2.75) is 32.6 Å².